The van der Waals surface area contributed by atoms with Gasteiger partial charge in [-0.25, -0.2) is 0 Å². The molecule has 0 bridgehead atoms. The summed E-state index contributed by atoms with van der Waals surface area (Å²) >= 11 is 0. The molecule has 0 saturated heterocycles. The summed E-state index contributed by atoms with van der Waals surface area (Å²) in [6.45, 7) is 14.2. The Morgan fingerprint density at radius 2 is 1.62 bits per heavy atom. The first kappa shape index (κ1) is 23.7. The van der Waals surface area contributed by atoms with Gasteiger partial charge in [0.25, 0.3) is 5.91 Å². The van der Waals surface area contributed by atoms with Crippen molar-refractivity contribution in [2.45, 2.75) is 103 Å². The Hall–Kier alpha value is -1.60. The second-order valence-electron chi connectivity index (χ2n) is 9.56. The van der Waals surface area contributed by atoms with E-state index >= 15 is 0 Å². The van der Waals surface area contributed by atoms with Crippen molar-refractivity contribution in [3.8, 4) is 11.5 Å². The smallest absolute Gasteiger partial charge is 0.270 e. The van der Waals surface area contributed by atoms with Crippen molar-refractivity contribution in [2.75, 3.05) is 0 Å². The summed E-state index contributed by atoms with van der Waals surface area (Å²) in [5.74, 6) is 3.93. The summed E-state index contributed by atoms with van der Waals surface area (Å²) in [4.78, 5) is 17.0. The molecule has 4 heteroatoms. The highest BCUT2D eigenvalue weighted by molar-refractivity contribution is 6.90. The first-order chi connectivity index (χ1) is 13.8. The maximum Gasteiger partial charge on any atom is 0.270 e. The highest BCUT2D eigenvalue weighted by Gasteiger charge is 2.42. The number of hydrogen-bond donors (Lipinski definition) is 1. The monoisotopic (exact) mass is 412 g/mol. The van der Waals surface area contributed by atoms with Crippen LogP contribution in [0, 0.1) is 17.4 Å². The van der Waals surface area contributed by atoms with Gasteiger partial charge >= 0.3 is 0 Å². The van der Waals surface area contributed by atoms with Gasteiger partial charge in [0, 0.05) is 18.2 Å². The molecule has 0 radical (unpaired) electrons. The quantitative estimate of drug-likeness (QED) is 0.451. The summed E-state index contributed by atoms with van der Waals surface area (Å²) in [7, 11) is -1.76. The van der Waals surface area contributed by atoms with Crippen LogP contribution >= 0.6 is 0 Å². The molecule has 1 aromatic heterocycles. The minimum Gasteiger partial charge on any atom is -0.347 e. The molecule has 29 heavy (non-hydrogen) atoms. The summed E-state index contributed by atoms with van der Waals surface area (Å²) in [6, 6.07) is 5.61. The number of nitrogens with one attached hydrogen (secondary N) is 1. The molecule has 0 aliphatic heterocycles. The minimum absolute atomic E-state index is 0.0666. The van der Waals surface area contributed by atoms with Crippen LogP contribution in [0.25, 0.3) is 0 Å². The van der Waals surface area contributed by atoms with E-state index < -0.39 is 8.07 Å². The van der Waals surface area contributed by atoms with Crippen molar-refractivity contribution in [2.24, 2.45) is 5.92 Å². The topological polar surface area (TPSA) is 42.0 Å². The van der Waals surface area contributed by atoms with Crippen LogP contribution in [0.15, 0.2) is 24.4 Å². The number of nitrogens with zero attached hydrogens (tertiary/aromatic N) is 1. The second kappa shape index (κ2) is 11.0. The van der Waals surface area contributed by atoms with Crippen LogP contribution in [0.3, 0.4) is 0 Å². The zero-order valence-electron chi connectivity index (χ0n) is 19.3. The van der Waals surface area contributed by atoms with Gasteiger partial charge in [-0.3, -0.25) is 9.78 Å². The third kappa shape index (κ3) is 5.95. The fourth-order valence-corrected chi connectivity index (χ4v) is 10.5. The highest BCUT2D eigenvalue weighted by Crippen LogP contribution is 2.41. The number of rotatable bonds is 5. The molecule has 1 aliphatic carbocycles. The molecule has 2 rings (SSSR count). The molecular formula is C25H40N2OSi. The van der Waals surface area contributed by atoms with E-state index in [-0.39, 0.29) is 17.9 Å². The van der Waals surface area contributed by atoms with Gasteiger partial charge in [-0.1, -0.05) is 73.3 Å². The van der Waals surface area contributed by atoms with Crippen molar-refractivity contribution in [3.63, 3.8) is 0 Å². The van der Waals surface area contributed by atoms with Crippen LogP contribution in [0.5, 0.6) is 0 Å². The number of amides is 1. The average molecular weight is 413 g/mol. The molecule has 1 aliphatic rings. The fourth-order valence-electron chi connectivity index (χ4n) is 5.22. The zero-order chi connectivity index (χ0) is 21.4. The maximum atomic E-state index is 12.8. The van der Waals surface area contributed by atoms with Crippen molar-refractivity contribution >= 4 is 14.0 Å². The van der Waals surface area contributed by atoms with E-state index in [0.717, 1.165) is 19.3 Å². The molecule has 1 heterocycles. The summed E-state index contributed by atoms with van der Waals surface area (Å²) in [5.41, 5.74) is 6.30. The molecule has 1 N–H and O–H groups in total. The molecule has 2 atom stereocenters. The van der Waals surface area contributed by atoms with Crippen LogP contribution in [-0.2, 0) is 0 Å². The Balaban J connectivity index is 2.30. The van der Waals surface area contributed by atoms with E-state index in [2.05, 4.69) is 63.3 Å². The zero-order valence-corrected chi connectivity index (χ0v) is 20.3. The van der Waals surface area contributed by atoms with Gasteiger partial charge in [0.2, 0.25) is 0 Å². The van der Waals surface area contributed by atoms with Crippen LogP contribution in [0.4, 0.5) is 0 Å². The fraction of sp³-hybridized carbons (Fsp3) is 0.680. The van der Waals surface area contributed by atoms with Gasteiger partial charge in [-0.15, -0.1) is 11.5 Å². The van der Waals surface area contributed by atoms with Gasteiger partial charge in [-0.2, -0.15) is 0 Å². The molecular weight excluding hydrogens is 372 g/mol. The minimum atomic E-state index is -1.76. The van der Waals surface area contributed by atoms with Gasteiger partial charge in [0.05, 0.1) is 0 Å². The van der Waals surface area contributed by atoms with Crippen LogP contribution < -0.4 is 5.32 Å². The molecule has 0 aromatic carbocycles. The average Bonchev–Trinajstić information content (AvgIpc) is 2.66. The number of carbonyl (C=O) groups is 1. The third-order valence-corrected chi connectivity index (χ3v) is 13.1. The predicted octanol–water partition coefficient (Wildman–Crippen LogP) is 6.37. The Morgan fingerprint density at radius 3 is 2.17 bits per heavy atom. The van der Waals surface area contributed by atoms with E-state index in [1.54, 1.807) is 12.3 Å². The van der Waals surface area contributed by atoms with Crippen LogP contribution in [-0.4, -0.2) is 25.0 Å². The lowest BCUT2D eigenvalue weighted by atomic mass is 9.87. The van der Waals surface area contributed by atoms with Gasteiger partial charge in [-0.05, 0) is 41.6 Å². The number of carbonyl (C=O) groups excluding carboxylic acids is 1. The Morgan fingerprint density at radius 1 is 1.00 bits per heavy atom. The molecule has 0 spiro atoms. The number of pyridine rings is 1. The first-order valence-electron chi connectivity index (χ1n) is 11.5. The lowest BCUT2D eigenvalue weighted by Crippen LogP contribution is -2.44. The number of aromatic nitrogens is 1. The SMILES string of the molecule is CC(C)[Si](C#CC1CCCCCCC1NC(=O)c1ccccn1)(C(C)C)C(C)C. The lowest BCUT2D eigenvalue weighted by molar-refractivity contribution is 0.0917. The van der Waals surface area contributed by atoms with Crippen molar-refractivity contribution in [1.29, 1.82) is 0 Å². The van der Waals surface area contributed by atoms with E-state index in [1.165, 1.54) is 19.3 Å². The largest absolute Gasteiger partial charge is 0.347 e. The van der Waals surface area contributed by atoms with Gasteiger partial charge in [0.1, 0.15) is 13.8 Å². The molecule has 1 aromatic rings. The lowest BCUT2D eigenvalue weighted by Gasteiger charge is -2.38. The Kier molecular flexibility index (Phi) is 8.95. The standard InChI is InChI=1S/C25H40N2OSi/c1-19(2)29(20(3)4,21(5)6)18-16-22-13-9-7-8-10-14-23(22)27-25(28)24-15-11-12-17-26-24/h11-12,15,17,19-23H,7-10,13-14H2,1-6H3,(H,27,28). The number of hydrogen-bond acceptors (Lipinski definition) is 2. The van der Waals surface area contributed by atoms with E-state index in [0.29, 0.717) is 22.3 Å². The van der Waals surface area contributed by atoms with Crippen molar-refractivity contribution in [3.05, 3.63) is 30.1 Å². The van der Waals surface area contributed by atoms with Crippen molar-refractivity contribution < 1.29 is 4.79 Å². The van der Waals surface area contributed by atoms with Crippen LogP contribution in [0.2, 0.25) is 16.6 Å². The first-order valence-corrected chi connectivity index (χ1v) is 13.8. The molecule has 1 saturated carbocycles. The molecule has 1 fully saturated rings. The Bertz CT molecular complexity index is 681. The predicted molar refractivity (Wildman–Crippen MR) is 126 cm³/mol. The summed E-state index contributed by atoms with van der Waals surface area (Å²) in [5, 5.41) is 3.29. The molecule has 1 amide bonds. The Labute approximate surface area is 179 Å². The van der Waals surface area contributed by atoms with Gasteiger partial charge in [0.15, 0.2) is 0 Å². The third-order valence-electron chi connectivity index (χ3n) is 6.82. The maximum absolute atomic E-state index is 12.8. The van der Waals surface area contributed by atoms with E-state index in [9.17, 15) is 4.79 Å². The molecule has 2 unspecified atom stereocenters. The highest BCUT2D eigenvalue weighted by atomic mass is 28.3. The normalized spacial score (nSPS) is 20.7. The molecule has 3 nitrogen and oxygen atoms in total. The van der Waals surface area contributed by atoms with E-state index in [4.69, 9.17) is 0 Å². The summed E-state index contributed by atoms with van der Waals surface area (Å²) < 4.78 is 0. The van der Waals surface area contributed by atoms with Gasteiger partial charge < -0.3 is 5.32 Å². The second-order valence-corrected chi connectivity index (χ2v) is 15.1. The molecule has 160 valence electrons. The van der Waals surface area contributed by atoms with E-state index in [1.807, 2.05) is 12.1 Å². The summed E-state index contributed by atoms with van der Waals surface area (Å²) in [6.07, 6.45) is 8.66. The van der Waals surface area contributed by atoms with Crippen molar-refractivity contribution in [1.82, 2.24) is 10.3 Å². The van der Waals surface area contributed by atoms with Crippen LogP contribution in [0.1, 0.15) is 90.6 Å².